The molecule has 0 aliphatic heterocycles. The minimum Gasteiger partial charge on any atom is -0.0917 e. The van der Waals surface area contributed by atoms with Crippen molar-refractivity contribution in [3.05, 3.63) is 12.2 Å². The second kappa shape index (κ2) is 4.83. The van der Waals surface area contributed by atoms with Crippen LogP contribution in [0.4, 0.5) is 0 Å². The van der Waals surface area contributed by atoms with E-state index in [0.29, 0.717) is 0 Å². The highest BCUT2D eigenvalue weighted by atomic mass is 14.4. The van der Waals surface area contributed by atoms with Crippen molar-refractivity contribution in [2.24, 2.45) is 23.7 Å². The van der Waals surface area contributed by atoms with Crippen LogP contribution in [-0.2, 0) is 0 Å². The van der Waals surface area contributed by atoms with E-state index in [0.717, 1.165) is 23.7 Å². The van der Waals surface area contributed by atoms with Gasteiger partial charge in [-0.1, -0.05) is 32.9 Å². The quantitative estimate of drug-likeness (QED) is 0.554. The Labute approximate surface area is 83.4 Å². The highest BCUT2D eigenvalue weighted by molar-refractivity contribution is 4.93. The number of hydrogen-bond donors (Lipinski definition) is 0. The first kappa shape index (κ1) is 10.8. The van der Waals surface area contributed by atoms with E-state index in [9.17, 15) is 0 Å². The van der Waals surface area contributed by atoms with Crippen molar-refractivity contribution in [2.75, 3.05) is 0 Å². The third-order valence-electron chi connectivity index (χ3n) is 3.56. The molecule has 0 heterocycles. The van der Waals surface area contributed by atoms with E-state index in [1.807, 2.05) is 0 Å². The van der Waals surface area contributed by atoms with Crippen LogP contribution in [0.5, 0.6) is 0 Å². The second-order valence-corrected chi connectivity index (χ2v) is 5.02. The molecule has 0 nitrogen and oxygen atoms in total. The molecule has 0 aromatic rings. The summed E-state index contributed by atoms with van der Waals surface area (Å²) in [4.78, 5) is 0. The Bertz CT molecular complexity index is 167. The Kier molecular flexibility index (Phi) is 4.02. The second-order valence-electron chi connectivity index (χ2n) is 5.02. The van der Waals surface area contributed by atoms with Crippen LogP contribution in [0, 0.1) is 23.7 Å². The topological polar surface area (TPSA) is 0 Å². The normalized spacial score (nSPS) is 29.9. The van der Waals surface area contributed by atoms with Gasteiger partial charge < -0.3 is 0 Å². The van der Waals surface area contributed by atoms with E-state index < -0.39 is 0 Å². The van der Waals surface area contributed by atoms with Crippen molar-refractivity contribution in [2.45, 2.75) is 47.0 Å². The summed E-state index contributed by atoms with van der Waals surface area (Å²) in [6, 6.07) is 0. The highest BCUT2D eigenvalue weighted by Gasteiger charge is 2.36. The lowest BCUT2D eigenvalue weighted by molar-refractivity contribution is 0.365. The molecule has 0 aromatic carbocycles. The van der Waals surface area contributed by atoms with Gasteiger partial charge in [0.1, 0.15) is 0 Å². The molecular weight excluding hydrogens is 156 g/mol. The average Bonchev–Trinajstić information content (AvgIpc) is 2.80. The zero-order valence-electron chi connectivity index (χ0n) is 9.59. The van der Waals surface area contributed by atoms with Gasteiger partial charge in [-0.2, -0.15) is 0 Å². The van der Waals surface area contributed by atoms with Gasteiger partial charge >= 0.3 is 0 Å². The minimum atomic E-state index is 0.864. The lowest BCUT2D eigenvalue weighted by Crippen LogP contribution is -2.04. The van der Waals surface area contributed by atoms with Crippen LogP contribution in [0.15, 0.2) is 12.2 Å². The summed E-state index contributed by atoms with van der Waals surface area (Å²) in [7, 11) is 0. The van der Waals surface area contributed by atoms with Gasteiger partial charge in [-0.25, -0.2) is 0 Å². The van der Waals surface area contributed by atoms with Gasteiger partial charge in [0.15, 0.2) is 0 Å². The van der Waals surface area contributed by atoms with Crippen molar-refractivity contribution in [1.29, 1.82) is 0 Å². The summed E-state index contributed by atoms with van der Waals surface area (Å²) >= 11 is 0. The molecule has 0 saturated heterocycles. The summed E-state index contributed by atoms with van der Waals surface area (Å²) in [5, 5.41) is 0. The third kappa shape index (κ3) is 3.54. The van der Waals surface area contributed by atoms with Gasteiger partial charge in [-0.3, -0.25) is 0 Å². The Hall–Kier alpha value is -0.260. The van der Waals surface area contributed by atoms with Gasteiger partial charge in [-0.15, -0.1) is 0 Å². The summed E-state index contributed by atoms with van der Waals surface area (Å²) in [6.45, 7) is 9.20. The molecule has 0 radical (unpaired) electrons. The standard InChI is InChI=1S/C13H24/c1-5-6-7-12-9-13(12)8-11(4)10(2)3/h5-6,10-13H,7-9H2,1-4H3. The molecule has 0 spiro atoms. The van der Waals surface area contributed by atoms with Gasteiger partial charge in [0.25, 0.3) is 0 Å². The van der Waals surface area contributed by atoms with Crippen LogP contribution in [0.3, 0.4) is 0 Å². The van der Waals surface area contributed by atoms with Gasteiger partial charge in [0, 0.05) is 0 Å². The molecule has 0 N–H and O–H groups in total. The van der Waals surface area contributed by atoms with Gasteiger partial charge in [0.05, 0.1) is 0 Å². The predicted molar refractivity (Wildman–Crippen MR) is 59.6 cm³/mol. The highest BCUT2D eigenvalue weighted by Crippen LogP contribution is 2.46. The van der Waals surface area contributed by atoms with Gasteiger partial charge in [0.2, 0.25) is 0 Å². The molecule has 1 fully saturated rings. The van der Waals surface area contributed by atoms with Crippen LogP contribution >= 0.6 is 0 Å². The SMILES string of the molecule is CC=CCC1CC1CC(C)C(C)C. The van der Waals surface area contributed by atoms with E-state index >= 15 is 0 Å². The van der Waals surface area contributed by atoms with Gasteiger partial charge in [-0.05, 0) is 49.9 Å². The largest absolute Gasteiger partial charge is 0.0917 e. The molecule has 1 rings (SSSR count). The van der Waals surface area contributed by atoms with Crippen LogP contribution in [0.2, 0.25) is 0 Å². The van der Waals surface area contributed by atoms with Crippen LogP contribution in [0.25, 0.3) is 0 Å². The van der Waals surface area contributed by atoms with Crippen molar-refractivity contribution in [1.82, 2.24) is 0 Å². The van der Waals surface area contributed by atoms with E-state index in [-0.39, 0.29) is 0 Å². The maximum Gasteiger partial charge on any atom is -0.0320 e. The molecule has 0 aromatic heterocycles. The zero-order valence-corrected chi connectivity index (χ0v) is 9.59. The summed E-state index contributed by atoms with van der Waals surface area (Å²) in [5.74, 6) is 3.86. The maximum atomic E-state index is 2.40. The molecule has 1 aliphatic rings. The van der Waals surface area contributed by atoms with E-state index in [1.54, 1.807) is 0 Å². The first-order chi connectivity index (χ1) is 6.15. The smallest absolute Gasteiger partial charge is 0.0320 e. The third-order valence-corrected chi connectivity index (χ3v) is 3.56. The van der Waals surface area contributed by atoms with Crippen molar-refractivity contribution in [3.8, 4) is 0 Å². The molecule has 3 unspecified atom stereocenters. The lowest BCUT2D eigenvalue weighted by Gasteiger charge is -2.14. The monoisotopic (exact) mass is 180 g/mol. The Balaban J connectivity index is 2.13. The predicted octanol–water partition coefficient (Wildman–Crippen LogP) is 4.27. The van der Waals surface area contributed by atoms with E-state index in [4.69, 9.17) is 0 Å². The van der Waals surface area contributed by atoms with Crippen molar-refractivity contribution < 1.29 is 0 Å². The fourth-order valence-electron chi connectivity index (χ4n) is 1.95. The first-order valence-corrected chi connectivity index (χ1v) is 5.76. The fourth-order valence-corrected chi connectivity index (χ4v) is 1.95. The molecule has 0 amide bonds. The first-order valence-electron chi connectivity index (χ1n) is 5.76. The van der Waals surface area contributed by atoms with Crippen LogP contribution in [-0.4, -0.2) is 0 Å². The number of rotatable bonds is 5. The summed E-state index contributed by atoms with van der Waals surface area (Å²) in [6.07, 6.45) is 8.78. The molecule has 0 bridgehead atoms. The Morgan fingerprint density at radius 3 is 2.46 bits per heavy atom. The Morgan fingerprint density at radius 2 is 1.92 bits per heavy atom. The molecule has 13 heavy (non-hydrogen) atoms. The molecule has 3 atom stereocenters. The van der Waals surface area contributed by atoms with E-state index in [2.05, 4.69) is 39.8 Å². The summed E-state index contributed by atoms with van der Waals surface area (Å²) in [5.41, 5.74) is 0. The van der Waals surface area contributed by atoms with Crippen LogP contribution in [0.1, 0.15) is 47.0 Å². The minimum absolute atomic E-state index is 0.864. The van der Waals surface area contributed by atoms with Crippen LogP contribution < -0.4 is 0 Å². The number of allylic oxidation sites excluding steroid dienone is 2. The molecule has 76 valence electrons. The maximum absolute atomic E-state index is 2.40. The molecule has 0 heteroatoms. The summed E-state index contributed by atoms with van der Waals surface area (Å²) < 4.78 is 0. The molecular formula is C13H24. The fraction of sp³-hybridized carbons (Fsp3) is 0.846. The molecule has 1 saturated carbocycles. The van der Waals surface area contributed by atoms with Crippen molar-refractivity contribution >= 4 is 0 Å². The zero-order chi connectivity index (χ0) is 9.84. The molecule has 1 aliphatic carbocycles. The number of hydrogen-bond acceptors (Lipinski definition) is 0. The lowest BCUT2D eigenvalue weighted by atomic mass is 9.92. The van der Waals surface area contributed by atoms with E-state index in [1.165, 1.54) is 19.3 Å². The average molecular weight is 180 g/mol. The Morgan fingerprint density at radius 1 is 1.23 bits per heavy atom. The van der Waals surface area contributed by atoms with Crippen molar-refractivity contribution in [3.63, 3.8) is 0 Å².